The largest absolute Gasteiger partial charge is 0.391 e. The van der Waals surface area contributed by atoms with Crippen LogP contribution in [-0.4, -0.2) is 48.9 Å². The van der Waals surface area contributed by atoms with E-state index in [9.17, 15) is 9.59 Å². The molecule has 8 heteroatoms. The van der Waals surface area contributed by atoms with Crippen molar-refractivity contribution < 1.29 is 14.3 Å². The summed E-state index contributed by atoms with van der Waals surface area (Å²) >= 11 is 12.1. The molecule has 0 aromatic heterocycles. The van der Waals surface area contributed by atoms with Crippen LogP contribution >= 0.6 is 23.2 Å². The lowest BCUT2D eigenvalue weighted by atomic mass is 9.92. The first-order valence-corrected chi connectivity index (χ1v) is 13.3. The second-order valence-corrected chi connectivity index (χ2v) is 9.84. The van der Waals surface area contributed by atoms with Crippen molar-refractivity contribution >= 4 is 40.8 Å². The predicted molar refractivity (Wildman–Crippen MR) is 142 cm³/mol. The molecule has 0 heterocycles. The zero-order valence-corrected chi connectivity index (χ0v) is 21.5. The van der Waals surface area contributed by atoms with Gasteiger partial charge in [0.25, 0.3) is 0 Å². The van der Waals surface area contributed by atoms with E-state index in [0.717, 1.165) is 29.7 Å². The van der Waals surface area contributed by atoms with Gasteiger partial charge in [-0.25, -0.2) is 9.59 Å². The Morgan fingerprint density at radius 2 is 1.46 bits per heavy atom. The number of hydrogen-bond acceptors (Lipinski definition) is 6. The molecule has 1 aliphatic carbocycles. The van der Waals surface area contributed by atoms with Gasteiger partial charge in [-0.1, -0.05) is 55.3 Å². The van der Waals surface area contributed by atoms with Crippen LogP contribution in [0.1, 0.15) is 48.3 Å². The van der Waals surface area contributed by atoms with Crippen molar-refractivity contribution in [3.05, 3.63) is 65.2 Å². The fourth-order valence-electron chi connectivity index (χ4n) is 4.68. The van der Waals surface area contributed by atoms with E-state index in [1.165, 1.54) is 18.4 Å². The Kier molecular flexibility index (Phi) is 10.9. The second kappa shape index (κ2) is 13.8. The number of ether oxygens (including phenoxy) is 1. The molecule has 1 fully saturated rings. The summed E-state index contributed by atoms with van der Waals surface area (Å²) in [6.07, 6.45) is 5.23. The van der Waals surface area contributed by atoms with Crippen molar-refractivity contribution in [2.75, 3.05) is 29.7 Å². The number of carbonyl (C=O) groups excluding carboxylic acids is 2. The standard InChI is InChI=1S/C27H35Cl2N3O3/c28-12-14-32(15-13-29)25-11-10-20(16-22(25)21-8-4-5-9-21)18-24(31)27(34)35-26(33)23(30)17-19-6-2-1-3-7-19/h1-3,6-7,10-11,16,21,23-24H,4-5,8-9,12-15,17-18,30-31H2/t23-,24-/m0/s1. The zero-order valence-electron chi connectivity index (χ0n) is 20.0. The van der Waals surface area contributed by atoms with E-state index in [-0.39, 0.29) is 12.8 Å². The van der Waals surface area contributed by atoms with Gasteiger partial charge in [0.05, 0.1) is 0 Å². The first-order valence-electron chi connectivity index (χ1n) is 12.2. The number of rotatable bonds is 12. The molecular weight excluding hydrogens is 485 g/mol. The molecule has 2 aromatic rings. The van der Waals surface area contributed by atoms with E-state index in [1.807, 2.05) is 36.4 Å². The number of esters is 2. The number of anilines is 1. The van der Waals surface area contributed by atoms with E-state index in [0.29, 0.717) is 30.8 Å². The van der Waals surface area contributed by atoms with E-state index in [1.54, 1.807) is 0 Å². The third-order valence-corrected chi connectivity index (χ3v) is 6.84. The first kappa shape index (κ1) is 27.5. The van der Waals surface area contributed by atoms with Crippen LogP contribution in [0, 0.1) is 0 Å². The Morgan fingerprint density at radius 3 is 2.03 bits per heavy atom. The summed E-state index contributed by atoms with van der Waals surface area (Å²) in [7, 11) is 0. The maximum absolute atomic E-state index is 12.5. The number of benzene rings is 2. The SMILES string of the molecule is N[C@@H](Cc1ccccc1)C(=O)OC(=O)[C@@H](N)Cc1ccc(N(CCCl)CCCl)c(C2CCCC2)c1. The second-order valence-electron chi connectivity index (χ2n) is 9.09. The molecule has 0 amide bonds. The average Bonchev–Trinajstić information content (AvgIpc) is 3.39. The third kappa shape index (κ3) is 7.94. The summed E-state index contributed by atoms with van der Waals surface area (Å²) in [6.45, 7) is 1.43. The molecule has 0 aliphatic heterocycles. The van der Waals surface area contributed by atoms with Crippen LogP contribution in [0.4, 0.5) is 5.69 Å². The van der Waals surface area contributed by atoms with E-state index < -0.39 is 24.0 Å². The van der Waals surface area contributed by atoms with Crippen molar-refractivity contribution in [2.45, 2.75) is 56.5 Å². The van der Waals surface area contributed by atoms with Crippen molar-refractivity contribution in [2.24, 2.45) is 11.5 Å². The van der Waals surface area contributed by atoms with Crippen LogP contribution < -0.4 is 16.4 Å². The lowest BCUT2D eigenvalue weighted by Crippen LogP contribution is -2.41. The maximum atomic E-state index is 12.5. The number of alkyl halides is 2. The van der Waals surface area contributed by atoms with Gasteiger partial charge in [-0.15, -0.1) is 23.2 Å². The number of hydrogen-bond donors (Lipinski definition) is 2. The summed E-state index contributed by atoms with van der Waals surface area (Å²) in [6, 6.07) is 13.6. The number of carbonyl (C=O) groups is 2. The summed E-state index contributed by atoms with van der Waals surface area (Å²) in [4.78, 5) is 27.1. The van der Waals surface area contributed by atoms with Crippen LogP contribution in [0.3, 0.4) is 0 Å². The minimum absolute atomic E-state index is 0.269. The molecular formula is C27H35Cl2N3O3. The van der Waals surface area contributed by atoms with Crippen LogP contribution in [0.15, 0.2) is 48.5 Å². The molecule has 3 rings (SSSR count). The van der Waals surface area contributed by atoms with Gasteiger partial charge in [0.2, 0.25) is 0 Å². The summed E-state index contributed by atoms with van der Waals surface area (Å²) in [5, 5.41) is 0. The van der Waals surface area contributed by atoms with Gasteiger partial charge >= 0.3 is 11.9 Å². The quantitative estimate of drug-likeness (QED) is 0.248. The highest BCUT2D eigenvalue weighted by molar-refractivity contribution is 6.18. The summed E-state index contributed by atoms with van der Waals surface area (Å²) in [5.41, 5.74) is 16.3. The van der Waals surface area contributed by atoms with E-state index >= 15 is 0 Å². The van der Waals surface area contributed by atoms with Gasteiger partial charge in [0.1, 0.15) is 12.1 Å². The lowest BCUT2D eigenvalue weighted by molar-refractivity contribution is -0.161. The van der Waals surface area contributed by atoms with Crippen LogP contribution in [0.5, 0.6) is 0 Å². The predicted octanol–water partition coefficient (Wildman–Crippen LogP) is 4.14. The minimum atomic E-state index is -0.966. The van der Waals surface area contributed by atoms with Crippen molar-refractivity contribution in [1.29, 1.82) is 0 Å². The molecule has 0 unspecified atom stereocenters. The molecule has 2 atom stereocenters. The summed E-state index contributed by atoms with van der Waals surface area (Å²) < 4.78 is 5.01. The van der Waals surface area contributed by atoms with Gasteiger partial charge in [0.15, 0.2) is 0 Å². The third-order valence-electron chi connectivity index (χ3n) is 6.50. The molecule has 0 bridgehead atoms. The topological polar surface area (TPSA) is 98.7 Å². The maximum Gasteiger partial charge on any atom is 0.330 e. The van der Waals surface area contributed by atoms with Crippen LogP contribution in [0.2, 0.25) is 0 Å². The Labute approximate surface area is 217 Å². The molecule has 1 saturated carbocycles. The highest BCUT2D eigenvalue weighted by Gasteiger charge is 2.26. The molecule has 6 nitrogen and oxygen atoms in total. The normalized spacial score (nSPS) is 15.5. The Bertz CT molecular complexity index is 961. The molecule has 35 heavy (non-hydrogen) atoms. The number of nitrogens with two attached hydrogens (primary N) is 2. The lowest BCUT2D eigenvalue weighted by Gasteiger charge is -2.28. The monoisotopic (exact) mass is 519 g/mol. The minimum Gasteiger partial charge on any atom is -0.391 e. The van der Waals surface area contributed by atoms with Gasteiger partial charge < -0.3 is 21.1 Å². The highest BCUT2D eigenvalue weighted by Crippen LogP contribution is 2.39. The fraction of sp³-hybridized carbons (Fsp3) is 0.481. The Hall–Kier alpha value is -2.12. The first-order chi connectivity index (χ1) is 16.9. The molecule has 0 spiro atoms. The molecule has 190 valence electrons. The Balaban J connectivity index is 1.67. The van der Waals surface area contributed by atoms with E-state index in [4.69, 9.17) is 39.4 Å². The van der Waals surface area contributed by atoms with Crippen LogP contribution in [-0.2, 0) is 27.2 Å². The molecule has 4 N–H and O–H groups in total. The number of halogens is 2. The van der Waals surface area contributed by atoms with E-state index in [2.05, 4.69) is 17.0 Å². The molecule has 0 radical (unpaired) electrons. The summed E-state index contributed by atoms with van der Waals surface area (Å²) in [5.74, 6) is -0.0522. The molecule has 1 aliphatic rings. The molecule has 2 aromatic carbocycles. The van der Waals surface area contributed by atoms with Crippen molar-refractivity contribution in [1.82, 2.24) is 0 Å². The zero-order chi connectivity index (χ0) is 25.2. The van der Waals surface area contributed by atoms with Crippen LogP contribution in [0.25, 0.3) is 0 Å². The smallest absolute Gasteiger partial charge is 0.330 e. The van der Waals surface area contributed by atoms with Gasteiger partial charge in [-0.2, -0.15) is 0 Å². The van der Waals surface area contributed by atoms with Crippen molar-refractivity contribution in [3.63, 3.8) is 0 Å². The van der Waals surface area contributed by atoms with Gasteiger partial charge in [-0.05, 0) is 54.4 Å². The van der Waals surface area contributed by atoms with Gasteiger partial charge in [-0.3, -0.25) is 0 Å². The number of nitrogens with zero attached hydrogens (tertiary/aromatic N) is 1. The highest BCUT2D eigenvalue weighted by atomic mass is 35.5. The fourth-order valence-corrected chi connectivity index (χ4v) is 5.09. The van der Waals surface area contributed by atoms with Crippen molar-refractivity contribution in [3.8, 4) is 0 Å². The molecule has 0 saturated heterocycles. The van der Waals surface area contributed by atoms with Gasteiger partial charge in [0, 0.05) is 30.5 Å². The average molecular weight is 521 g/mol. The Morgan fingerprint density at radius 1 is 0.886 bits per heavy atom.